The highest BCUT2D eigenvalue weighted by molar-refractivity contribution is 5.91. The number of hydrogen-bond acceptors (Lipinski definition) is 5. The largest absolute Gasteiger partial charge is 0.352 e. The van der Waals surface area contributed by atoms with Crippen LogP contribution in [-0.4, -0.2) is 56.7 Å². The molecule has 208 valence electrons. The Kier molecular flexibility index (Phi) is 7.46. The molecule has 3 aromatic carbocycles. The molecule has 1 fully saturated rings. The highest BCUT2D eigenvalue weighted by atomic mass is 19.1. The topological polar surface area (TPSA) is 67.2 Å². The summed E-state index contributed by atoms with van der Waals surface area (Å²) in [6.45, 7) is 6.58. The van der Waals surface area contributed by atoms with E-state index in [1.807, 2.05) is 60.4 Å². The minimum Gasteiger partial charge on any atom is -0.352 e. The quantitative estimate of drug-likeness (QED) is 0.261. The number of halogens is 1. The molecule has 3 heterocycles. The molecule has 7 nitrogen and oxygen atoms in total. The smallest absolute Gasteiger partial charge is 0.230 e. The van der Waals surface area contributed by atoms with Crippen molar-refractivity contribution in [2.75, 3.05) is 31.1 Å². The molecule has 5 aromatic rings. The van der Waals surface area contributed by atoms with Gasteiger partial charge in [-0.25, -0.2) is 19.0 Å². The number of rotatable bonds is 7. The maximum atomic E-state index is 13.7. The van der Waals surface area contributed by atoms with Crippen LogP contribution in [0.4, 0.5) is 10.2 Å². The van der Waals surface area contributed by atoms with E-state index >= 15 is 0 Å². The number of aromatic nitrogens is 4. The summed E-state index contributed by atoms with van der Waals surface area (Å²) in [4.78, 5) is 27.8. The highest BCUT2D eigenvalue weighted by Gasteiger charge is 2.30. The van der Waals surface area contributed by atoms with E-state index in [4.69, 9.17) is 15.1 Å². The second kappa shape index (κ2) is 11.5. The summed E-state index contributed by atoms with van der Waals surface area (Å²) in [5.74, 6) is 1.26. The number of nitrogens with zero attached hydrogens (tertiary/aromatic N) is 6. The van der Waals surface area contributed by atoms with Crippen molar-refractivity contribution < 1.29 is 9.18 Å². The van der Waals surface area contributed by atoms with E-state index in [0.29, 0.717) is 44.1 Å². The van der Waals surface area contributed by atoms with Gasteiger partial charge >= 0.3 is 0 Å². The number of piperazine rings is 1. The molecule has 1 atom stereocenters. The normalized spacial score (nSPS) is 14.4. The van der Waals surface area contributed by atoms with Gasteiger partial charge in [0, 0.05) is 32.6 Å². The average molecular weight is 549 g/mol. The maximum Gasteiger partial charge on any atom is 0.230 e. The Labute approximate surface area is 239 Å². The fraction of sp³-hybridized carbons (Fsp3) is 0.273. The van der Waals surface area contributed by atoms with Crippen LogP contribution < -0.4 is 4.90 Å². The molecule has 1 saturated heterocycles. The van der Waals surface area contributed by atoms with E-state index in [1.54, 1.807) is 16.8 Å². The van der Waals surface area contributed by atoms with Crippen LogP contribution in [0.2, 0.25) is 0 Å². The molecule has 8 heteroatoms. The predicted octanol–water partition coefficient (Wildman–Crippen LogP) is 5.70. The lowest BCUT2D eigenvalue weighted by atomic mass is 9.95. The third-order valence-electron chi connectivity index (χ3n) is 7.80. The summed E-state index contributed by atoms with van der Waals surface area (Å²) in [6.07, 6.45) is 1.34. The summed E-state index contributed by atoms with van der Waals surface area (Å²) in [7, 11) is 0. The van der Waals surface area contributed by atoms with Crippen molar-refractivity contribution in [3.8, 4) is 5.69 Å². The molecule has 1 amide bonds. The first-order valence-electron chi connectivity index (χ1n) is 14.2. The molecule has 41 heavy (non-hydrogen) atoms. The number of aryl methyl sites for hydroxylation is 1. The van der Waals surface area contributed by atoms with Crippen LogP contribution in [0.1, 0.15) is 41.9 Å². The van der Waals surface area contributed by atoms with Crippen molar-refractivity contribution >= 4 is 22.8 Å². The van der Waals surface area contributed by atoms with Gasteiger partial charge in [0.25, 0.3) is 0 Å². The Morgan fingerprint density at radius 1 is 0.878 bits per heavy atom. The van der Waals surface area contributed by atoms with Crippen LogP contribution in [0.25, 0.3) is 16.7 Å². The third-order valence-corrected chi connectivity index (χ3v) is 7.80. The summed E-state index contributed by atoms with van der Waals surface area (Å²) in [6, 6.07) is 26.5. The minimum absolute atomic E-state index is 0.137. The SMILES string of the molecule is CC[C@@H](C(=O)N1CCN(c2nc(Cc3ccccc3)nc3c2c(C)nn3-c2ccc(F)cc2)CC1)c1ccccc1. The van der Waals surface area contributed by atoms with Crippen molar-refractivity contribution in [2.24, 2.45) is 0 Å². The Bertz CT molecular complexity index is 1640. The Morgan fingerprint density at radius 2 is 1.54 bits per heavy atom. The number of benzene rings is 3. The fourth-order valence-electron chi connectivity index (χ4n) is 5.65. The zero-order chi connectivity index (χ0) is 28.3. The first-order valence-corrected chi connectivity index (χ1v) is 14.2. The minimum atomic E-state index is -0.299. The van der Waals surface area contributed by atoms with Crippen molar-refractivity contribution in [3.63, 3.8) is 0 Å². The molecular formula is C33H33FN6O. The van der Waals surface area contributed by atoms with Crippen LogP contribution in [0.3, 0.4) is 0 Å². The first-order chi connectivity index (χ1) is 20.0. The summed E-state index contributed by atoms with van der Waals surface area (Å²) >= 11 is 0. The van der Waals surface area contributed by atoms with Gasteiger partial charge < -0.3 is 9.80 Å². The molecule has 0 bridgehead atoms. The molecule has 1 aliphatic heterocycles. The highest BCUT2D eigenvalue weighted by Crippen LogP contribution is 2.31. The van der Waals surface area contributed by atoms with Crippen molar-refractivity contribution in [2.45, 2.75) is 32.6 Å². The molecule has 0 radical (unpaired) electrons. The monoisotopic (exact) mass is 548 g/mol. The van der Waals surface area contributed by atoms with Gasteiger partial charge in [-0.15, -0.1) is 0 Å². The number of carbonyl (C=O) groups is 1. The maximum absolute atomic E-state index is 13.7. The molecule has 2 aromatic heterocycles. The number of anilines is 1. The average Bonchev–Trinajstić information content (AvgIpc) is 3.34. The second-order valence-corrected chi connectivity index (χ2v) is 10.5. The standard InChI is InChI=1S/C33H33FN6O/c1-3-28(25-12-8-5-9-13-25)33(41)39-20-18-38(19-21-39)31-30-23(2)37-40(27-16-14-26(34)15-17-27)32(30)36-29(35-31)22-24-10-6-4-7-11-24/h4-17,28H,3,18-22H2,1-2H3/t28-/m1/s1. The fourth-order valence-corrected chi connectivity index (χ4v) is 5.65. The van der Waals surface area contributed by atoms with Crippen LogP contribution >= 0.6 is 0 Å². The Balaban J connectivity index is 1.33. The van der Waals surface area contributed by atoms with Crippen LogP contribution in [-0.2, 0) is 11.2 Å². The number of fused-ring (bicyclic) bond motifs is 1. The van der Waals surface area contributed by atoms with Crippen LogP contribution in [0, 0.1) is 12.7 Å². The van der Waals surface area contributed by atoms with Gasteiger partial charge in [0.2, 0.25) is 5.91 Å². The van der Waals surface area contributed by atoms with E-state index < -0.39 is 0 Å². The number of amides is 1. The van der Waals surface area contributed by atoms with Gasteiger partial charge in [-0.3, -0.25) is 4.79 Å². The van der Waals surface area contributed by atoms with Crippen molar-refractivity contribution in [1.82, 2.24) is 24.6 Å². The molecule has 0 aliphatic carbocycles. The summed E-state index contributed by atoms with van der Waals surface area (Å²) < 4.78 is 15.5. The number of carbonyl (C=O) groups excluding carboxylic acids is 1. The number of hydrogen-bond donors (Lipinski definition) is 0. The lowest BCUT2D eigenvalue weighted by molar-refractivity contribution is -0.133. The van der Waals surface area contributed by atoms with E-state index in [9.17, 15) is 9.18 Å². The summed E-state index contributed by atoms with van der Waals surface area (Å²) in [5.41, 5.74) is 4.42. The zero-order valence-electron chi connectivity index (χ0n) is 23.4. The van der Waals surface area contributed by atoms with Crippen LogP contribution in [0.5, 0.6) is 0 Å². The first kappa shape index (κ1) is 26.6. The van der Waals surface area contributed by atoms with Gasteiger partial charge in [0.1, 0.15) is 17.5 Å². The Morgan fingerprint density at radius 3 is 2.20 bits per heavy atom. The molecule has 0 N–H and O–H groups in total. The lowest BCUT2D eigenvalue weighted by Gasteiger charge is -2.37. The van der Waals surface area contributed by atoms with E-state index in [2.05, 4.69) is 24.0 Å². The summed E-state index contributed by atoms with van der Waals surface area (Å²) in [5, 5.41) is 5.68. The van der Waals surface area contributed by atoms with Gasteiger partial charge in [-0.1, -0.05) is 67.6 Å². The van der Waals surface area contributed by atoms with Crippen molar-refractivity contribution in [3.05, 3.63) is 113 Å². The van der Waals surface area contributed by atoms with Gasteiger partial charge in [-0.2, -0.15) is 5.10 Å². The molecule has 0 saturated carbocycles. The van der Waals surface area contributed by atoms with Crippen LogP contribution in [0.15, 0.2) is 84.9 Å². The Hall–Kier alpha value is -4.59. The zero-order valence-corrected chi connectivity index (χ0v) is 23.4. The molecule has 0 unspecified atom stereocenters. The molecule has 1 aliphatic rings. The van der Waals surface area contributed by atoms with Gasteiger partial charge in [0.05, 0.1) is 22.7 Å². The van der Waals surface area contributed by atoms with Crippen molar-refractivity contribution in [1.29, 1.82) is 0 Å². The predicted molar refractivity (Wildman–Crippen MR) is 159 cm³/mol. The molecule has 6 rings (SSSR count). The molecule has 0 spiro atoms. The van der Waals surface area contributed by atoms with E-state index in [0.717, 1.165) is 40.1 Å². The van der Waals surface area contributed by atoms with E-state index in [-0.39, 0.29) is 17.6 Å². The lowest BCUT2D eigenvalue weighted by Crippen LogP contribution is -2.50. The van der Waals surface area contributed by atoms with E-state index in [1.165, 1.54) is 12.1 Å². The van der Waals surface area contributed by atoms with Gasteiger partial charge in [-0.05, 0) is 48.7 Å². The second-order valence-electron chi connectivity index (χ2n) is 10.5. The molecular weight excluding hydrogens is 515 g/mol. The van der Waals surface area contributed by atoms with Gasteiger partial charge in [0.15, 0.2) is 5.65 Å². The third kappa shape index (κ3) is 5.42.